The summed E-state index contributed by atoms with van der Waals surface area (Å²) in [6, 6.07) is 0.196. The zero-order valence-corrected chi connectivity index (χ0v) is 12.3. The predicted molar refractivity (Wildman–Crippen MR) is 77.7 cm³/mol. The minimum Gasteiger partial charge on any atom is -0.372 e. The lowest BCUT2D eigenvalue weighted by atomic mass is 10.1. The first kappa shape index (κ1) is 14.8. The molecular formula is C14H24N4O2. The van der Waals surface area contributed by atoms with Crippen LogP contribution in [0.1, 0.15) is 26.2 Å². The SMILES string of the molecule is CCCOCC(=O)N[C@@H]1CCCN(c2cnn(C)c2)C1. The summed E-state index contributed by atoms with van der Waals surface area (Å²) in [5, 5.41) is 7.25. The Balaban J connectivity index is 1.80. The number of ether oxygens (including phenoxy) is 1. The lowest BCUT2D eigenvalue weighted by Crippen LogP contribution is -2.48. The Morgan fingerprint density at radius 3 is 3.15 bits per heavy atom. The first-order chi connectivity index (χ1) is 9.69. The van der Waals surface area contributed by atoms with Gasteiger partial charge < -0.3 is 15.0 Å². The van der Waals surface area contributed by atoms with E-state index in [1.165, 1.54) is 0 Å². The summed E-state index contributed by atoms with van der Waals surface area (Å²) in [5.74, 6) is -0.0171. The Morgan fingerprint density at radius 2 is 2.45 bits per heavy atom. The van der Waals surface area contributed by atoms with Crippen LogP contribution in [0.25, 0.3) is 0 Å². The maximum Gasteiger partial charge on any atom is 0.246 e. The van der Waals surface area contributed by atoms with Crippen molar-refractivity contribution >= 4 is 11.6 Å². The van der Waals surface area contributed by atoms with Gasteiger partial charge in [0.1, 0.15) is 6.61 Å². The van der Waals surface area contributed by atoms with Gasteiger partial charge in [-0.1, -0.05) is 6.92 Å². The summed E-state index contributed by atoms with van der Waals surface area (Å²) < 4.78 is 7.06. The highest BCUT2D eigenvalue weighted by Gasteiger charge is 2.22. The summed E-state index contributed by atoms with van der Waals surface area (Å²) in [5.41, 5.74) is 1.12. The molecule has 1 aliphatic heterocycles. The van der Waals surface area contributed by atoms with Gasteiger partial charge in [0.25, 0.3) is 0 Å². The number of carbonyl (C=O) groups is 1. The molecule has 0 saturated carbocycles. The minimum atomic E-state index is -0.0171. The molecular weight excluding hydrogens is 256 g/mol. The molecule has 20 heavy (non-hydrogen) atoms. The number of rotatable bonds is 6. The lowest BCUT2D eigenvalue weighted by molar-refractivity contribution is -0.126. The Labute approximate surface area is 120 Å². The Kier molecular flexibility index (Phi) is 5.40. The van der Waals surface area contributed by atoms with Gasteiger partial charge in [-0.25, -0.2) is 0 Å². The Morgan fingerprint density at radius 1 is 1.60 bits per heavy atom. The van der Waals surface area contributed by atoms with Crippen LogP contribution in [0.5, 0.6) is 0 Å². The molecule has 0 aromatic carbocycles. The molecule has 0 radical (unpaired) electrons. The van der Waals surface area contributed by atoms with E-state index >= 15 is 0 Å². The van der Waals surface area contributed by atoms with Crippen molar-refractivity contribution in [3.8, 4) is 0 Å². The third kappa shape index (κ3) is 4.23. The van der Waals surface area contributed by atoms with E-state index in [0.29, 0.717) is 6.61 Å². The van der Waals surface area contributed by atoms with Gasteiger partial charge in [0.2, 0.25) is 5.91 Å². The predicted octanol–water partition coefficient (Wildman–Crippen LogP) is 0.932. The highest BCUT2D eigenvalue weighted by molar-refractivity contribution is 5.77. The molecule has 0 unspecified atom stereocenters. The molecule has 6 heteroatoms. The van der Waals surface area contributed by atoms with Gasteiger partial charge in [-0.2, -0.15) is 5.10 Å². The number of hydrogen-bond donors (Lipinski definition) is 1. The average molecular weight is 280 g/mol. The summed E-state index contributed by atoms with van der Waals surface area (Å²) in [6.07, 6.45) is 6.92. The lowest BCUT2D eigenvalue weighted by Gasteiger charge is -2.33. The van der Waals surface area contributed by atoms with Crippen molar-refractivity contribution in [1.82, 2.24) is 15.1 Å². The quantitative estimate of drug-likeness (QED) is 0.788. The van der Waals surface area contributed by atoms with E-state index in [2.05, 4.69) is 15.3 Å². The highest BCUT2D eigenvalue weighted by Crippen LogP contribution is 2.18. The van der Waals surface area contributed by atoms with E-state index in [1.54, 1.807) is 4.68 Å². The number of aryl methyl sites for hydroxylation is 1. The van der Waals surface area contributed by atoms with Crippen molar-refractivity contribution in [2.75, 3.05) is 31.2 Å². The van der Waals surface area contributed by atoms with Gasteiger partial charge in [-0.3, -0.25) is 9.48 Å². The van der Waals surface area contributed by atoms with Gasteiger partial charge in [0, 0.05) is 39.0 Å². The second-order valence-corrected chi connectivity index (χ2v) is 5.28. The van der Waals surface area contributed by atoms with Gasteiger partial charge in [0.05, 0.1) is 11.9 Å². The number of carbonyl (C=O) groups excluding carboxylic acids is 1. The van der Waals surface area contributed by atoms with Crippen molar-refractivity contribution in [1.29, 1.82) is 0 Å². The van der Waals surface area contributed by atoms with Crippen LogP contribution >= 0.6 is 0 Å². The second-order valence-electron chi connectivity index (χ2n) is 5.28. The Bertz CT molecular complexity index is 433. The molecule has 0 aliphatic carbocycles. The molecule has 1 fully saturated rings. The third-order valence-corrected chi connectivity index (χ3v) is 3.42. The van der Waals surface area contributed by atoms with Crippen molar-refractivity contribution in [2.24, 2.45) is 7.05 Å². The molecule has 2 rings (SSSR count). The molecule has 1 saturated heterocycles. The van der Waals surface area contributed by atoms with Gasteiger partial charge in [-0.15, -0.1) is 0 Å². The van der Waals surface area contributed by atoms with Crippen LogP contribution in [0.2, 0.25) is 0 Å². The topological polar surface area (TPSA) is 59.4 Å². The van der Waals surface area contributed by atoms with Crippen LogP contribution in [0.3, 0.4) is 0 Å². The zero-order chi connectivity index (χ0) is 14.4. The largest absolute Gasteiger partial charge is 0.372 e. The van der Waals surface area contributed by atoms with E-state index in [-0.39, 0.29) is 18.6 Å². The van der Waals surface area contributed by atoms with E-state index in [4.69, 9.17) is 4.74 Å². The number of piperidine rings is 1. The molecule has 1 aromatic heterocycles. The van der Waals surface area contributed by atoms with E-state index in [9.17, 15) is 4.79 Å². The standard InChI is InChI=1S/C14H24N4O2/c1-3-7-20-11-14(19)16-12-5-4-6-18(9-12)13-8-15-17(2)10-13/h8,10,12H,3-7,9,11H2,1-2H3,(H,16,19)/t12-/m1/s1. The zero-order valence-electron chi connectivity index (χ0n) is 12.3. The van der Waals surface area contributed by atoms with E-state index < -0.39 is 0 Å². The summed E-state index contributed by atoms with van der Waals surface area (Å²) >= 11 is 0. The van der Waals surface area contributed by atoms with Crippen LogP contribution in [0.15, 0.2) is 12.4 Å². The summed E-state index contributed by atoms with van der Waals surface area (Å²) in [7, 11) is 1.91. The number of hydrogen-bond acceptors (Lipinski definition) is 4. The fourth-order valence-electron chi connectivity index (χ4n) is 2.48. The van der Waals surface area contributed by atoms with Gasteiger partial charge in [-0.05, 0) is 19.3 Å². The molecule has 1 amide bonds. The van der Waals surface area contributed by atoms with Crippen molar-refractivity contribution in [3.05, 3.63) is 12.4 Å². The van der Waals surface area contributed by atoms with Crippen molar-refractivity contribution in [3.63, 3.8) is 0 Å². The molecule has 1 aromatic rings. The number of aromatic nitrogens is 2. The number of nitrogens with zero attached hydrogens (tertiary/aromatic N) is 3. The first-order valence-corrected chi connectivity index (χ1v) is 7.29. The van der Waals surface area contributed by atoms with Crippen molar-refractivity contribution < 1.29 is 9.53 Å². The maximum absolute atomic E-state index is 11.8. The normalized spacial score (nSPS) is 19.1. The molecule has 112 valence electrons. The molecule has 6 nitrogen and oxygen atoms in total. The van der Waals surface area contributed by atoms with Crippen molar-refractivity contribution in [2.45, 2.75) is 32.2 Å². The molecule has 1 atom stereocenters. The maximum atomic E-state index is 11.8. The monoisotopic (exact) mass is 280 g/mol. The highest BCUT2D eigenvalue weighted by atomic mass is 16.5. The van der Waals surface area contributed by atoms with Gasteiger partial charge >= 0.3 is 0 Å². The van der Waals surface area contributed by atoms with Crippen LogP contribution in [0, 0.1) is 0 Å². The molecule has 1 aliphatic rings. The summed E-state index contributed by atoms with van der Waals surface area (Å²) in [6.45, 7) is 4.69. The van der Waals surface area contributed by atoms with Crippen LogP contribution in [-0.2, 0) is 16.6 Å². The third-order valence-electron chi connectivity index (χ3n) is 3.42. The number of nitrogens with one attached hydrogen (secondary N) is 1. The fraction of sp³-hybridized carbons (Fsp3) is 0.714. The number of amides is 1. The Hall–Kier alpha value is -1.56. The molecule has 1 N–H and O–H groups in total. The second kappa shape index (κ2) is 7.28. The fourth-order valence-corrected chi connectivity index (χ4v) is 2.48. The average Bonchev–Trinajstić information content (AvgIpc) is 2.86. The minimum absolute atomic E-state index is 0.0171. The molecule has 2 heterocycles. The molecule has 0 bridgehead atoms. The van der Waals surface area contributed by atoms with Crippen LogP contribution in [0.4, 0.5) is 5.69 Å². The van der Waals surface area contributed by atoms with E-state index in [1.807, 2.05) is 26.4 Å². The van der Waals surface area contributed by atoms with E-state index in [0.717, 1.165) is 38.0 Å². The van der Waals surface area contributed by atoms with Crippen LogP contribution in [-0.4, -0.2) is 48.0 Å². The molecule has 0 spiro atoms. The van der Waals surface area contributed by atoms with Gasteiger partial charge in [0.15, 0.2) is 0 Å². The first-order valence-electron chi connectivity index (χ1n) is 7.29. The number of anilines is 1. The summed E-state index contributed by atoms with van der Waals surface area (Å²) in [4.78, 5) is 14.0. The smallest absolute Gasteiger partial charge is 0.246 e. The van der Waals surface area contributed by atoms with Crippen LogP contribution < -0.4 is 10.2 Å².